The molecule has 0 aliphatic rings. The Labute approximate surface area is 141 Å². The lowest BCUT2D eigenvalue weighted by Gasteiger charge is -2.08. The van der Waals surface area contributed by atoms with E-state index in [1.807, 2.05) is 45.2 Å². The number of carbonyl (C=O) groups is 1. The average molecular weight is 406 g/mol. The van der Waals surface area contributed by atoms with Crippen LogP contribution in [0.1, 0.15) is 21.7 Å². The maximum absolute atomic E-state index is 12.7. The monoisotopic (exact) mass is 406 g/mol. The van der Waals surface area contributed by atoms with Crippen molar-refractivity contribution in [2.75, 3.05) is 5.32 Å². The summed E-state index contributed by atoms with van der Waals surface area (Å²) >= 11 is 2.22. The number of halogens is 1. The summed E-state index contributed by atoms with van der Waals surface area (Å²) in [7, 11) is 1.84. The number of benzene rings is 1. The van der Waals surface area contributed by atoms with E-state index in [4.69, 9.17) is 0 Å². The lowest BCUT2D eigenvalue weighted by atomic mass is 10.1. The van der Waals surface area contributed by atoms with Crippen molar-refractivity contribution in [3.05, 3.63) is 50.9 Å². The van der Waals surface area contributed by atoms with E-state index in [1.54, 1.807) is 10.7 Å². The van der Waals surface area contributed by atoms with Crippen LogP contribution in [0.5, 0.6) is 0 Å². The van der Waals surface area contributed by atoms with Crippen molar-refractivity contribution in [3.8, 4) is 0 Å². The van der Waals surface area contributed by atoms with E-state index in [0.29, 0.717) is 5.56 Å². The number of amides is 1. The second kappa shape index (κ2) is 5.68. The van der Waals surface area contributed by atoms with Crippen LogP contribution in [0.25, 0.3) is 11.0 Å². The van der Waals surface area contributed by atoms with E-state index in [-0.39, 0.29) is 5.91 Å². The Bertz CT molecular complexity index is 885. The predicted molar refractivity (Wildman–Crippen MR) is 95.1 cm³/mol. The van der Waals surface area contributed by atoms with E-state index < -0.39 is 0 Å². The van der Waals surface area contributed by atoms with Crippen LogP contribution in [0.15, 0.2) is 30.3 Å². The first kappa shape index (κ1) is 15.0. The highest BCUT2D eigenvalue weighted by Gasteiger charge is 2.17. The number of carbonyl (C=O) groups excluding carboxylic acids is 1. The lowest BCUT2D eigenvalue weighted by molar-refractivity contribution is 0.102. The Balaban J connectivity index is 2.07. The van der Waals surface area contributed by atoms with Crippen LogP contribution in [0.4, 0.5) is 5.69 Å². The third kappa shape index (κ3) is 2.70. The van der Waals surface area contributed by atoms with Gasteiger partial charge in [0.25, 0.3) is 5.91 Å². The molecule has 2 heterocycles. The average Bonchev–Trinajstić information content (AvgIpc) is 2.73. The number of nitrogens with zero attached hydrogens (tertiary/aromatic N) is 3. The molecule has 112 valence electrons. The SMILES string of the molecule is Cc1cc(C(=O)Nc2cccc(I)c2)c2c(C)nn(C)c2n1. The summed E-state index contributed by atoms with van der Waals surface area (Å²) in [6.45, 7) is 3.77. The van der Waals surface area contributed by atoms with Gasteiger partial charge in [-0.15, -0.1) is 0 Å². The summed E-state index contributed by atoms with van der Waals surface area (Å²) in [5.41, 5.74) is 3.71. The van der Waals surface area contributed by atoms with Gasteiger partial charge < -0.3 is 5.32 Å². The number of pyridine rings is 1. The molecule has 0 atom stereocenters. The van der Waals surface area contributed by atoms with E-state index in [0.717, 1.165) is 31.7 Å². The molecule has 3 rings (SSSR count). The van der Waals surface area contributed by atoms with Gasteiger partial charge in [-0.05, 0) is 60.7 Å². The first-order valence-corrected chi connectivity index (χ1v) is 7.91. The van der Waals surface area contributed by atoms with Crippen molar-refractivity contribution in [2.45, 2.75) is 13.8 Å². The fraction of sp³-hybridized carbons (Fsp3) is 0.188. The van der Waals surface area contributed by atoms with Gasteiger partial charge in [-0.25, -0.2) is 4.98 Å². The number of nitrogens with one attached hydrogen (secondary N) is 1. The predicted octanol–water partition coefficient (Wildman–Crippen LogP) is 3.44. The van der Waals surface area contributed by atoms with Crippen LogP contribution in [0, 0.1) is 17.4 Å². The Morgan fingerprint density at radius 3 is 2.77 bits per heavy atom. The molecule has 5 nitrogen and oxygen atoms in total. The zero-order valence-electron chi connectivity index (χ0n) is 12.5. The molecule has 0 saturated heterocycles. The van der Waals surface area contributed by atoms with Gasteiger partial charge in [0.1, 0.15) is 0 Å². The molecule has 0 radical (unpaired) electrons. The molecule has 0 fully saturated rings. The zero-order chi connectivity index (χ0) is 15.9. The molecule has 22 heavy (non-hydrogen) atoms. The molecular weight excluding hydrogens is 391 g/mol. The summed E-state index contributed by atoms with van der Waals surface area (Å²) in [6, 6.07) is 9.51. The molecule has 0 aliphatic heterocycles. The summed E-state index contributed by atoms with van der Waals surface area (Å²) < 4.78 is 2.78. The number of hydrogen-bond acceptors (Lipinski definition) is 3. The van der Waals surface area contributed by atoms with Gasteiger partial charge in [0.2, 0.25) is 0 Å². The highest BCUT2D eigenvalue weighted by molar-refractivity contribution is 14.1. The Morgan fingerprint density at radius 2 is 2.05 bits per heavy atom. The van der Waals surface area contributed by atoms with Crippen LogP contribution in [0.2, 0.25) is 0 Å². The molecule has 1 N–H and O–H groups in total. The molecule has 1 aromatic carbocycles. The standard InChI is InChI=1S/C16H15IN4O/c1-9-7-13(14-10(2)20-21(3)15(14)18-9)16(22)19-12-6-4-5-11(17)8-12/h4-8H,1-3H3,(H,19,22). The van der Waals surface area contributed by atoms with Crippen LogP contribution >= 0.6 is 22.6 Å². The summed E-state index contributed by atoms with van der Waals surface area (Å²) in [6.07, 6.45) is 0. The first-order valence-electron chi connectivity index (χ1n) is 6.83. The van der Waals surface area contributed by atoms with Gasteiger partial charge in [0.05, 0.1) is 16.6 Å². The van der Waals surface area contributed by atoms with Gasteiger partial charge in [0.15, 0.2) is 5.65 Å². The smallest absolute Gasteiger partial charge is 0.256 e. The maximum atomic E-state index is 12.7. The number of fused-ring (bicyclic) bond motifs is 1. The third-order valence-corrected chi connectivity index (χ3v) is 4.09. The van der Waals surface area contributed by atoms with Crippen molar-refractivity contribution in [2.24, 2.45) is 7.05 Å². The van der Waals surface area contributed by atoms with Crippen molar-refractivity contribution < 1.29 is 4.79 Å². The quantitative estimate of drug-likeness (QED) is 0.664. The van der Waals surface area contributed by atoms with Crippen molar-refractivity contribution in [3.63, 3.8) is 0 Å². The minimum absolute atomic E-state index is 0.145. The molecule has 0 aliphatic carbocycles. The van der Waals surface area contributed by atoms with Crippen molar-refractivity contribution in [1.29, 1.82) is 0 Å². The molecule has 1 amide bonds. The van der Waals surface area contributed by atoms with E-state index in [9.17, 15) is 4.79 Å². The first-order chi connectivity index (χ1) is 10.5. The molecule has 0 bridgehead atoms. The zero-order valence-corrected chi connectivity index (χ0v) is 14.7. The molecule has 0 saturated carbocycles. The number of anilines is 1. The normalized spacial score (nSPS) is 10.9. The second-order valence-electron chi connectivity index (χ2n) is 5.18. The minimum Gasteiger partial charge on any atom is -0.322 e. The summed E-state index contributed by atoms with van der Waals surface area (Å²) in [4.78, 5) is 17.2. The van der Waals surface area contributed by atoms with E-state index in [2.05, 4.69) is 38.0 Å². The minimum atomic E-state index is -0.145. The Kier molecular flexibility index (Phi) is 3.86. The van der Waals surface area contributed by atoms with Crippen LogP contribution in [0.3, 0.4) is 0 Å². The molecule has 0 unspecified atom stereocenters. The number of hydrogen-bond donors (Lipinski definition) is 1. The highest BCUT2D eigenvalue weighted by atomic mass is 127. The number of aromatic nitrogens is 3. The number of aryl methyl sites for hydroxylation is 3. The summed E-state index contributed by atoms with van der Waals surface area (Å²) in [5, 5.41) is 8.12. The number of rotatable bonds is 2. The highest BCUT2D eigenvalue weighted by Crippen LogP contribution is 2.23. The summed E-state index contributed by atoms with van der Waals surface area (Å²) in [5.74, 6) is -0.145. The Morgan fingerprint density at radius 1 is 1.27 bits per heavy atom. The van der Waals surface area contributed by atoms with Gasteiger partial charge in [-0.1, -0.05) is 6.07 Å². The van der Waals surface area contributed by atoms with Gasteiger partial charge in [0, 0.05) is 22.0 Å². The van der Waals surface area contributed by atoms with Gasteiger partial charge in [-0.3, -0.25) is 9.48 Å². The molecule has 2 aromatic heterocycles. The fourth-order valence-corrected chi connectivity index (χ4v) is 3.06. The fourth-order valence-electron chi connectivity index (χ4n) is 2.51. The lowest BCUT2D eigenvalue weighted by Crippen LogP contribution is -2.13. The molecule has 3 aromatic rings. The maximum Gasteiger partial charge on any atom is 0.256 e. The van der Waals surface area contributed by atoms with Crippen LogP contribution < -0.4 is 5.32 Å². The van der Waals surface area contributed by atoms with Gasteiger partial charge >= 0.3 is 0 Å². The Hall–Kier alpha value is -1.96. The van der Waals surface area contributed by atoms with Crippen molar-refractivity contribution in [1.82, 2.24) is 14.8 Å². The molecule has 0 spiro atoms. The van der Waals surface area contributed by atoms with Gasteiger partial charge in [-0.2, -0.15) is 5.10 Å². The van der Waals surface area contributed by atoms with Crippen LogP contribution in [-0.2, 0) is 7.05 Å². The topological polar surface area (TPSA) is 59.8 Å². The second-order valence-corrected chi connectivity index (χ2v) is 6.43. The van der Waals surface area contributed by atoms with Crippen molar-refractivity contribution >= 4 is 45.2 Å². The van der Waals surface area contributed by atoms with E-state index >= 15 is 0 Å². The third-order valence-electron chi connectivity index (χ3n) is 3.42. The molecular formula is C16H15IN4O. The van der Waals surface area contributed by atoms with E-state index in [1.165, 1.54) is 0 Å². The molecule has 6 heteroatoms. The largest absolute Gasteiger partial charge is 0.322 e. The van der Waals surface area contributed by atoms with Crippen LogP contribution in [-0.4, -0.2) is 20.7 Å².